The number of nitrogens with one attached hydrogen (secondary N) is 3. The van der Waals surface area contributed by atoms with Crippen LogP contribution in [0.3, 0.4) is 0 Å². The average Bonchev–Trinajstić information content (AvgIpc) is 2.97. The molecule has 1 aromatic rings. The Morgan fingerprint density at radius 1 is 1.28 bits per heavy atom. The van der Waals surface area contributed by atoms with E-state index in [1.807, 2.05) is 13.8 Å². The maximum Gasteiger partial charge on any atom is 0.319 e. The van der Waals surface area contributed by atoms with E-state index in [1.54, 1.807) is 4.90 Å². The zero-order valence-electron chi connectivity index (χ0n) is 14.1. The number of hydrogen-bond donors (Lipinski definition) is 3. The van der Waals surface area contributed by atoms with Crippen molar-refractivity contribution in [2.75, 3.05) is 11.9 Å². The smallest absolute Gasteiger partial charge is 0.319 e. The van der Waals surface area contributed by atoms with Crippen molar-refractivity contribution in [3.63, 3.8) is 0 Å². The maximum atomic E-state index is 12.9. The van der Waals surface area contributed by atoms with E-state index in [-0.39, 0.29) is 29.6 Å². The van der Waals surface area contributed by atoms with Gasteiger partial charge in [0, 0.05) is 12.2 Å². The largest absolute Gasteiger partial charge is 0.342 e. The van der Waals surface area contributed by atoms with Crippen molar-refractivity contribution in [1.82, 2.24) is 15.5 Å². The van der Waals surface area contributed by atoms with Gasteiger partial charge < -0.3 is 20.9 Å². The lowest BCUT2D eigenvalue weighted by atomic mass is 9.98. The first kappa shape index (κ1) is 17.2. The number of carbonyl (C=O) groups is 3. The summed E-state index contributed by atoms with van der Waals surface area (Å²) in [6.45, 7) is 4.06. The van der Waals surface area contributed by atoms with Crippen LogP contribution in [0.15, 0.2) is 24.3 Å². The van der Waals surface area contributed by atoms with E-state index in [9.17, 15) is 18.8 Å². The molecular formula is C17H21FN4O3. The second-order valence-electron chi connectivity index (χ2n) is 6.77. The fourth-order valence-electron chi connectivity index (χ4n) is 3.26. The number of piperazine rings is 1. The van der Waals surface area contributed by atoms with Gasteiger partial charge in [0.05, 0.1) is 6.04 Å². The molecule has 3 atom stereocenters. The summed E-state index contributed by atoms with van der Waals surface area (Å²) in [5.74, 6) is -0.668. The highest BCUT2D eigenvalue weighted by atomic mass is 19.1. The van der Waals surface area contributed by atoms with E-state index in [0.29, 0.717) is 18.7 Å². The topological polar surface area (TPSA) is 90.5 Å². The minimum Gasteiger partial charge on any atom is -0.342 e. The summed E-state index contributed by atoms with van der Waals surface area (Å²) in [4.78, 5) is 38.3. The lowest BCUT2D eigenvalue weighted by Gasteiger charge is -2.36. The number of fused-ring (bicyclic) bond motifs is 1. The molecule has 8 heteroatoms. The van der Waals surface area contributed by atoms with Gasteiger partial charge in [-0.15, -0.1) is 0 Å². The highest BCUT2D eigenvalue weighted by Crippen LogP contribution is 2.25. The molecule has 3 N–H and O–H groups in total. The van der Waals surface area contributed by atoms with Crippen molar-refractivity contribution < 1.29 is 18.8 Å². The van der Waals surface area contributed by atoms with E-state index in [2.05, 4.69) is 16.0 Å². The third-order valence-electron chi connectivity index (χ3n) is 4.55. The van der Waals surface area contributed by atoms with Gasteiger partial charge in [-0.3, -0.25) is 9.59 Å². The van der Waals surface area contributed by atoms with Gasteiger partial charge in [0.2, 0.25) is 11.8 Å². The van der Waals surface area contributed by atoms with Gasteiger partial charge in [0.15, 0.2) is 0 Å². The van der Waals surface area contributed by atoms with Crippen molar-refractivity contribution in [2.24, 2.45) is 5.92 Å². The Morgan fingerprint density at radius 2 is 1.96 bits per heavy atom. The molecule has 0 unspecified atom stereocenters. The standard InChI is InChI=1S/C17H21FN4O3/c1-9(2)14-16(24)22-8-12(7-13(22)15(23)21-14)20-17(25)19-11-5-3-10(18)4-6-11/h3-6,9,12-14H,7-8H2,1-2H3,(H,21,23)(H2,19,20,25)/t12-,13-,14+/m0/s1. The van der Waals surface area contributed by atoms with Gasteiger partial charge in [-0.25, -0.2) is 9.18 Å². The van der Waals surface area contributed by atoms with Gasteiger partial charge in [-0.2, -0.15) is 0 Å². The Labute approximate surface area is 144 Å². The summed E-state index contributed by atoms with van der Waals surface area (Å²) in [5.41, 5.74) is 0.461. The molecule has 134 valence electrons. The number of halogens is 1. The van der Waals surface area contributed by atoms with Crippen LogP contribution in [-0.2, 0) is 9.59 Å². The minimum absolute atomic E-state index is 0.00573. The molecule has 0 saturated carbocycles. The molecule has 0 spiro atoms. The first-order chi connectivity index (χ1) is 11.8. The predicted octanol–water partition coefficient (Wildman–Crippen LogP) is 1.07. The Hall–Kier alpha value is -2.64. The van der Waals surface area contributed by atoms with Gasteiger partial charge in [-0.05, 0) is 36.6 Å². The highest BCUT2D eigenvalue weighted by molar-refractivity contribution is 5.98. The van der Waals surface area contributed by atoms with Crippen molar-refractivity contribution >= 4 is 23.5 Å². The van der Waals surface area contributed by atoms with Crippen LogP contribution in [0.25, 0.3) is 0 Å². The number of urea groups is 1. The molecule has 4 amide bonds. The van der Waals surface area contributed by atoms with Gasteiger partial charge in [0.1, 0.15) is 17.9 Å². The van der Waals surface area contributed by atoms with Crippen LogP contribution in [0, 0.1) is 11.7 Å². The highest BCUT2D eigenvalue weighted by Gasteiger charge is 2.47. The molecule has 7 nitrogen and oxygen atoms in total. The predicted molar refractivity (Wildman–Crippen MR) is 89.2 cm³/mol. The lowest BCUT2D eigenvalue weighted by Crippen LogP contribution is -2.62. The number of benzene rings is 1. The Kier molecular flexibility index (Phi) is 4.61. The zero-order chi connectivity index (χ0) is 18.1. The molecule has 3 rings (SSSR count). The summed E-state index contributed by atoms with van der Waals surface area (Å²) in [7, 11) is 0. The molecule has 0 bridgehead atoms. The SMILES string of the molecule is CC(C)[C@H]1NC(=O)[C@@H]2C[C@H](NC(=O)Nc3ccc(F)cc3)CN2C1=O. The van der Waals surface area contributed by atoms with Crippen molar-refractivity contribution in [3.05, 3.63) is 30.1 Å². The molecule has 2 heterocycles. The van der Waals surface area contributed by atoms with E-state index in [1.165, 1.54) is 24.3 Å². The van der Waals surface area contributed by atoms with E-state index in [4.69, 9.17) is 0 Å². The van der Waals surface area contributed by atoms with E-state index in [0.717, 1.165) is 0 Å². The molecule has 2 fully saturated rings. The monoisotopic (exact) mass is 348 g/mol. The van der Waals surface area contributed by atoms with E-state index < -0.39 is 18.1 Å². The number of nitrogens with zero attached hydrogens (tertiary/aromatic N) is 1. The summed E-state index contributed by atoms with van der Waals surface area (Å²) < 4.78 is 12.9. The normalized spacial score (nSPS) is 25.6. The minimum atomic E-state index is -0.543. The third-order valence-corrected chi connectivity index (χ3v) is 4.55. The Morgan fingerprint density at radius 3 is 2.60 bits per heavy atom. The first-order valence-electron chi connectivity index (χ1n) is 8.29. The summed E-state index contributed by atoms with van der Waals surface area (Å²) in [5, 5.41) is 8.13. The van der Waals surface area contributed by atoms with Crippen LogP contribution in [0.2, 0.25) is 0 Å². The van der Waals surface area contributed by atoms with Crippen LogP contribution >= 0.6 is 0 Å². The van der Waals surface area contributed by atoms with Crippen LogP contribution in [0.1, 0.15) is 20.3 Å². The fraction of sp³-hybridized carbons (Fsp3) is 0.471. The molecule has 2 aliphatic rings. The molecule has 1 aromatic carbocycles. The average molecular weight is 348 g/mol. The number of amides is 4. The zero-order valence-corrected chi connectivity index (χ0v) is 14.1. The second-order valence-corrected chi connectivity index (χ2v) is 6.77. The fourth-order valence-corrected chi connectivity index (χ4v) is 3.26. The lowest BCUT2D eigenvalue weighted by molar-refractivity contribution is -0.148. The van der Waals surface area contributed by atoms with Gasteiger partial charge >= 0.3 is 6.03 Å². The maximum absolute atomic E-state index is 12.9. The molecule has 2 aliphatic heterocycles. The molecule has 0 aromatic heterocycles. The Balaban J connectivity index is 1.60. The van der Waals surface area contributed by atoms with Crippen molar-refractivity contribution in [1.29, 1.82) is 0 Å². The van der Waals surface area contributed by atoms with Crippen LogP contribution in [0.5, 0.6) is 0 Å². The summed E-state index contributed by atoms with van der Waals surface area (Å²) in [6, 6.07) is 3.58. The molecule has 0 aliphatic carbocycles. The number of hydrogen-bond acceptors (Lipinski definition) is 3. The summed E-state index contributed by atoms with van der Waals surface area (Å²) >= 11 is 0. The van der Waals surface area contributed by atoms with Crippen molar-refractivity contribution in [2.45, 2.75) is 38.4 Å². The molecule has 25 heavy (non-hydrogen) atoms. The van der Waals surface area contributed by atoms with Crippen LogP contribution < -0.4 is 16.0 Å². The second kappa shape index (κ2) is 6.70. The van der Waals surface area contributed by atoms with Crippen LogP contribution in [-0.4, -0.2) is 47.4 Å². The van der Waals surface area contributed by atoms with Crippen LogP contribution in [0.4, 0.5) is 14.9 Å². The number of carbonyl (C=O) groups excluding carboxylic acids is 3. The molecular weight excluding hydrogens is 327 g/mol. The first-order valence-corrected chi connectivity index (χ1v) is 8.29. The molecule has 2 saturated heterocycles. The van der Waals surface area contributed by atoms with E-state index >= 15 is 0 Å². The quantitative estimate of drug-likeness (QED) is 0.763. The van der Waals surface area contributed by atoms with Gasteiger partial charge in [-0.1, -0.05) is 13.8 Å². The Bertz CT molecular complexity index is 692. The summed E-state index contributed by atoms with van der Waals surface area (Å²) in [6.07, 6.45) is 0.374. The molecule has 0 radical (unpaired) electrons. The van der Waals surface area contributed by atoms with Crippen molar-refractivity contribution in [3.8, 4) is 0 Å². The number of rotatable bonds is 3. The number of anilines is 1. The van der Waals surface area contributed by atoms with Gasteiger partial charge in [0.25, 0.3) is 0 Å². The third kappa shape index (κ3) is 3.57.